The molecule has 4 heteroatoms. The third-order valence-electron chi connectivity index (χ3n) is 3.68. The molecule has 0 aromatic carbocycles. The third-order valence-corrected chi connectivity index (χ3v) is 3.68. The highest BCUT2D eigenvalue weighted by Crippen LogP contribution is 2.35. The Morgan fingerprint density at radius 3 is 2.33 bits per heavy atom. The largest absolute Gasteiger partial charge is 0.393 e. The lowest BCUT2D eigenvalue weighted by molar-refractivity contribution is -0.131. The summed E-state index contributed by atoms with van der Waals surface area (Å²) in [5, 5.41) is 9.63. The van der Waals surface area contributed by atoms with Crippen LogP contribution in [0.25, 0.3) is 0 Å². The molecule has 0 aromatic rings. The Balaban J connectivity index is 1.97. The van der Waals surface area contributed by atoms with E-state index in [1.54, 1.807) is 19.0 Å². The number of likely N-dealkylation sites (N-methyl/N-ethyl adjacent to an activating group) is 1. The van der Waals surface area contributed by atoms with Crippen molar-refractivity contribution >= 4 is 5.91 Å². The van der Waals surface area contributed by atoms with Gasteiger partial charge in [-0.15, -0.1) is 0 Å². The lowest BCUT2D eigenvalue weighted by Gasteiger charge is -2.37. The summed E-state index contributed by atoms with van der Waals surface area (Å²) in [5.41, 5.74) is 0. The molecule has 2 atom stereocenters. The van der Waals surface area contributed by atoms with Crippen molar-refractivity contribution in [3.63, 3.8) is 0 Å². The quantitative estimate of drug-likeness (QED) is 0.704. The predicted octanol–water partition coefficient (Wildman–Crippen LogP) is 0.0623. The molecule has 15 heavy (non-hydrogen) atoms. The fourth-order valence-electron chi connectivity index (χ4n) is 2.80. The molecule has 2 saturated heterocycles. The second-order valence-electron chi connectivity index (χ2n) is 4.97. The zero-order chi connectivity index (χ0) is 11.0. The van der Waals surface area contributed by atoms with Crippen LogP contribution in [0.3, 0.4) is 0 Å². The monoisotopic (exact) mass is 212 g/mol. The van der Waals surface area contributed by atoms with E-state index in [1.807, 2.05) is 0 Å². The van der Waals surface area contributed by atoms with Crippen LogP contribution in [0.4, 0.5) is 0 Å². The van der Waals surface area contributed by atoms with Crippen LogP contribution in [-0.4, -0.2) is 59.6 Å². The van der Waals surface area contributed by atoms with Crippen molar-refractivity contribution in [1.82, 2.24) is 9.80 Å². The summed E-state index contributed by atoms with van der Waals surface area (Å²) in [7, 11) is 3.59. The number of aliphatic hydroxyl groups excluding tert-OH is 1. The molecule has 2 unspecified atom stereocenters. The number of aliphatic hydroxyl groups is 1. The van der Waals surface area contributed by atoms with E-state index in [9.17, 15) is 9.90 Å². The highest BCUT2D eigenvalue weighted by atomic mass is 16.3. The molecule has 2 rings (SSSR count). The van der Waals surface area contributed by atoms with Gasteiger partial charge in [0.25, 0.3) is 0 Å². The summed E-state index contributed by atoms with van der Waals surface area (Å²) >= 11 is 0. The fraction of sp³-hybridized carbons (Fsp3) is 0.909. The second kappa shape index (κ2) is 4.10. The average molecular weight is 212 g/mol. The van der Waals surface area contributed by atoms with Gasteiger partial charge in [-0.3, -0.25) is 9.69 Å². The van der Waals surface area contributed by atoms with Crippen molar-refractivity contribution in [2.45, 2.75) is 43.9 Å². The minimum atomic E-state index is -0.145. The van der Waals surface area contributed by atoms with Gasteiger partial charge in [-0.1, -0.05) is 0 Å². The van der Waals surface area contributed by atoms with Crippen LogP contribution in [0.15, 0.2) is 0 Å². The molecule has 1 amide bonds. The molecule has 0 aliphatic carbocycles. The first kappa shape index (κ1) is 10.9. The van der Waals surface area contributed by atoms with Gasteiger partial charge in [0.2, 0.25) is 5.91 Å². The van der Waals surface area contributed by atoms with Crippen LogP contribution in [0, 0.1) is 0 Å². The normalized spacial score (nSPS) is 35.5. The summed E-state index contributed by atoms with van der Waals surface area (Å²) in [6.45, 7) is 0.523. The Kier molecular flexibility index (Phi) is 2.98. The van der Waals surface area contributed by atoms with Gasteiger partial charge in [0.15, 0.2) is 0 Å². The summed E-state index contributed by atoms with van der Waals surface area (Å²) in [6, 6.07) is 0.866. The number of amides is 1. The van der Waals surface area contributed by atoms with Gasteiger partial charge in [0.05, 0.1) is 12.6 Å². The molecular formula is C11H20N2O2. The number of carbonyl (C=O) groups excluding carboxylic acids is 1. The molecule has 4 nitrogen and oxygen atoms in total. The topological polar surface area (TPSA) is 43.8 Å². The molecular weight excluding hydrogens is 192 g/mol. The lowest BCUT2D eigenvalue weighted by Crippen LogP contribution is -2.48. The number of hydrogen-bond donors (Lipinski definition) is 1. The van der Waals surface area contributed by atoms with Gasteiger partial charge in [0, 0.05) is 26.2 Å². The molecule has 0 aromatic heterocycles. The Labute approximate surface area is 90.9 Å². The van der Waals surface area contributed by atoms with Crippen molar-refractivity contribution in [2.75, 3.05) is 20.6 Å². The van der Waals surface area contributed by atoms with Crippen LogP contribution in [0.5, 0.6) is 0 Å². The van der Waals surface area contributed by atoms with E-state index in [2.05, 4.69) is 4.90 Å². The van der Waals surface area contributed by atoms with Crippen molar-refractivity contribution in [3.8, 4) is 0 Å². The van der Waals surface area contributed by atoms with Crippen LogP contribution in [0.2, 0.25) is 0 Å². The Hall–Kier alpha value is -0.610. The van der Waals surface area contributed by atoms with Gasteiger partial charge < -0.3 is 10.0 Å². The summed E-state index contributed by atoms with van der Waals surface area (Å²) in [4.78, 5) is 15.6. The zero-order valence-corrected chi connectivity index (χ0v) is 9.52. The first-order chi connectivity index (χ1) is 7.08. The van der Waals surface area contributed by atoms with E-state index in [4.69, 9.17) is 0 Å². The lowest BCUT2D eigenvalue weighted by atomic mass is 10.00. The molecule has 2 heterocycles. The maximum Gasteiger partial charge on any atom is 0.236 e. The highest BCUT2D eigenvalue weighted by molar-refractivity contribution is 5.77. The Morgan fingerprint density at radius 1 is 1.33 bits per heavy atom. The minimum Gasteiger partial charge on any atom is -0.393 e. The van der Waals surface area contributed by atoms with Crippen molar-refractivity contribution < 1.29 is 9.90 Å². The molecule has 2 bridgehead atoms. The van der Waals surface area contributed by atoms with Crippen molar-refractivity contribution in [2.24, 2.45) is 0 Å². The first-order valence-electron chi connectivity index (χ1n) is 5.72. The van der Waals surface area contributed by atoms with Gasteiger partial charge in [-0.25, -0.2) is 0 Å². The smallest absolute Gasteiger partial charge is 0.236 e. The molecule has 2 fully saturated rings. The molecule has 0 radical (unpaired) electrons. The van der Waals surface area contributed by atoms with Gasteiger partial charge >= 0.3 is 0 Å². The second-order valence-corrected chi connectivity index (χ2v) is 4.97. The summed E-state index contributed by atoms with van der Waals surface area (Å²) in [6.07, 6.45) is 3.83. The fourth-order valence-corrected chi connectivity index (χ4v) is 2.80. The molecule has 2 aliphatic heterocycles. The number of nitrogens with zero attached hydrogens (tertiary/aromatic N) is 2. The number of hydrogen-bond acceptors (Lipinski definition) is 3. The van der Waals surface area contributed by atoms with E-state index in [0.29, 0.717) is 18.6 Å². The Bertz CT molecular complexity index is 241. The standard InChI is InChI=1S/C11H20N2O2/c1-12(2)11(15)7-13-8-3-4-9(13)6-10(14)5-8/h8-10,14H,3-7H2,1-2H3. The zero-order valence-electron chi connectivity index (χ0n) is 9.52. The number of piperidine rings is 1. The SMILES string of the molecule is CN(C)C(=O)CN1C2CCC1CC(O)C2. The number of fused-ring (bicyclic) bond motifs is 2. The van der Waals surface area contributed by atoms with Crippen LogP contribution in [0.1, 0.15) is 25.7 Å². The third kappa shape index (κ3) is 2.16. The van der Waals surface area contributed by atoms with Gasteiger partial charge in [-0.2, -0.15) is 0 Å². The van der Waals surface area contributed by atoms with E-state index in [-0.39, 0.29) is 12.0 Å². The molecule has 86 valence electrons. The summed E-state index contributed by atoms with van der Waals surface area (Å²) < 4.78 is 0. The van der Waals surface area contributed by atoms with E-state index >= 15 is 0 Å². The van der Waals surface area contributed by atoms with Gasteiger partial charge in [-0.05, 0) is 25.7 Å². The minimum absolute atomic E-state index is 0.145. The van der Waals surface area contributed by atoms with E-state index < -0.39 is 0 Å². The molecule has 0 saturated carbocycles. The highest BCUT2D eigenvalue weighted by Gasteiger charge is 2.40. The van der Waals surface area contributed by atoms with Gasteiger partial charge in [0.1, 0.15) is 0 Å². The van der Waals surface area contributed by atoms with E-state index in [1.165, 1.54) is 0 Å². The molecule has 1 N–H and O–H groups in total. The van der Waals surface area contributed by atoms with Crippen LogP contribution in [-0.2, 0) is 4.79 Å². The number of rotatable bonds is 2. The maximum absolute atomic E-state index is 11.6. The van der Waals surface area contributed by atoms with Crippen LogP contribution < -0.4 is 0 Å². The maximum atomic E-state index is 11.6. The number of carbonyl (C=O) groups is 1. The van der Waals surface area contributed by atoms with Crippen molar-refractivity contribution in [1.29, 1.82) is 0 Å². The summed E-state index contributed by atoms with van der Waals surface area (Å²) in [5.74, 6) is 0.170. The predicted molar refractivity (Wildman–Crippen MR) is 57.5 cm³/mol. The first-order valence-corrected chi connectivity index (χ1v) is 5.72. The van der Waals surface area contributed by atoms with E-state index in [0.717, 1.165) is 25.7 Å². The van der Waals surface area contributed by atoms with Crippen LogP contribution >= 0.6 is 0 Å². The molecule has 0 spiro atoms. The Morgan fingerprint density at radius 2 is 1.87 bits per heavy atom. The molecule has 2 aliphatic rings. The average Bonchev–Trinajstić information content (AvgIpc) is 2.42. The van der Waals surface area contributed by atoms with Crippen molar-refractivity contribution in [3.05, 3.63) is 0 Å².